The average Bonchev–Trinajstić information content (AvgIpc) is 2.86. The van der Waals surface area contributed by atoms with Crippen molar-refractivity contribution in [2.45, 2.75) is 43.4 Å². The van der Waals surface area contributed by atoms with Crippen LogP contribution in [0.2, 0.25) is 0 Å². The Morgan fingerprint density at radius 1 is 0.730 bits per heavy atom. The quantitative estimate of drug-likeness (QED) is 0.155. The summed E-state index contributed by atoms with van der Waals surface area (Å²) in [5.74, 6) is -4.39. The Balaban J connectivity index is 2.28. The number of hydrogen-bond donors (Lipinski definition) is 7. The first kappa shape index (κ1) is 29.3. The zero-order valence-corrected chi connectivity index (χ0v) is 20.9. The third-order valence-electron chi connectivity index (χ3n) is 5.39. The number of carboxylic acid groups (broad SMARTS) is 1. The number of nitrogens with two attached hydrogens (primary N) is 2. The fourth-order valence-electron chi connectivity index (χ4n) is 3.44. The molecule has 0 aliphatic rings. The lowest BCUT2D eigenvalue weighted by Gasteiger charge is -2.25. The zero-order valence-electron chi connectivity index (χ0n) is 20.0. The molecule has 0 saturated heterocycles. The van der Waals surface area contributed by atoms with Crippen molar-refractivity contribution in [1.82, 2.24) is 16.0 Å². The number of aliphatic carboxylic acids is 1. The second-order valence-corrected chi connectivity index (χ2v) is 8.73. The van der Waals surface area contributed by atoms with Crippen molar-refractivity contribution >= 4 is 42.2 Å². The van der Waals surface area contributed by atoms with Crippen LogP contribution in [0.5, 0.6) is 0 Å². The molecule has 2 aromatic carbocycles. The molecule has 0 radical (unpaired) electrons. The molecule has 0 fully saturated rings. The van der Waals surface area contributed by atoms with Gasteiger partial charge in [-0.15, -0.1) is 0 Å². The SMILES string of the molecule is NC(=O)CC(N)C(=O)NC(Cc1ccccc1)C(=O)NC(Cc1ccccc1)C(=O)NC(CS)C(=O)O. The van der Waals surface area contributed by atoms with Gasteiger partial charge >= 0.3 is 5.97 Å². The maximum atomic E-state index is 13.4. The molecule has 0 aromatic heterocycles. The smallest absolute Gasteiger partial charge is 0.327 e. The lowest BCUT2D eigenvalue weighted by Crippen LogP contribution is -2.58. The van der Waals surface area contributed by atoms with Crippen LogP contribution in [0.4, 0.5) is 0 Å². The van der Waals surface area contributed by atoms with Crippen molar-refractivity contribution < 1.29 is 29.1 Å². The largest absolute Gasteiger partial charge is 0.480 e. The molecule has 4 amide bonds. The number of carbonyl (C=O) groups excluding carboxylic acids is 4. The molecular weight excluding hydrogens is 498 g/mol. The second-order valence-electron chi connectivity index (χ2n) is 8.36. The molecule has 198 valence electrons. The van der Waals surface area contributed by atoms with Crippen LogP contribution in [0.3, 0.4) is 0 Å². The predicted molar refractivity (Wildman–Crippen MR) is 139 cm³/mol. The molecule has 11 nitrogen and oxygen atoms in total. The minimum atomic E-state index is -1.27. The van der Waals surface area contributed by atoms with Gasteiger partial charge in [-0.05, 0) is 11.1 Å². The summed E-state index contributed by atoms with van der Waals surface area (Å²) in [7, 11) is 0. The van der Waals surface area contributed by atoms with Crippen molar-refractivity contribution in [3.05, 3.63) is 71.8 Å². The van der Waals surface area contributed by atoms with Crippen LogP contribution in [-0.2, 0) is 36.8 Å². The molecule has 0 aliphatic heterocycles. The summed E-state index contributed by atoms with van der Waals surface area (Å²) in [6.45, 7) is 0. The van der Waals surface area contributed by atoms with Crippen LogP contribution in [0.1, 0.15) is 17.5 Å². The fourth-order valence-corrected chi connectivity index (χ4v) is 3.68. The van der Waals surface area contributed by atoms with Gasteiger partial charge in [-0.1, -0.05) is 60.7 Å². The molecule has 2 aromatic rings. The number of thiol groups is 1. The topological polar surface area (TPSA) is 194 Å². The number of nitrogens with one attached hydrogen (secondary N) is 3. The highest BCUT2D eigenvalue weighted by molar-refractivity contribution is 7.80. The highest BCUT2D eigenvalue weighted by Crippen LogP contribution is 2.08. The van der Waals surface area contributed by atoms with Crippen LogP contribution in [0, 0.1) is 0 Å². The summed E-state index contributed by atoms with van der Waals surface area (Å²) >= 11 is 3.96. The summed E-state index contributed by atoms with van der Waals surface area (Å²) in [5, 5.41) is 16.8. The van der Waals surface area contributed by atoms with Crippen LogP contribution >= 0.6 is 12.6 Å². The molecule has 8 N–H and O–H groups in total. The average molecular weight is 530 g/mol. The summed E-state index contributed by atoms with van der Waals surface area (Å²) in [6, 6.07) is 12.8. The lowest BCUT2D eigenvalue weighted by atomic mass is 10.0. The summed E-state index contributed by atoms with van der Waals surface area (Å²) in [5.41, 5.74) is 12.3. The van der Waals surface area contributed by atoms with E-state index in [0.717, 1.165) is 5.56 Å². The van der Waals surface area contributed by atoms with Crippen molar-refractivity contribution in [3.8, 4) is 0 Å². The molecule has 0 spiro atoms. The van der Waals surface area contributed by atoms with Crippen molar-refractivity contribution in [2.24, 2.45) is 11.5 Å². The van der Waals surface area contributed by atoms with Gasteiger partial charge in [-0.3, -0.25) is 19.2 Å². The Morgan fingerprint density at radius 2 is 1.14 bits per heavy atom. The second kappa shape index (κ2) is 14.6. The molecule has 0 aliphatic carbocycles. The molecule has 0 heterocycles. The van der Waals surface area contributed by atoms with E-state index in [-0.39, 0.29) is 18.6 Å². The van der Waals surface area contributed by atoms with Crippen molar-refractivity contribution in [3.63, 3.8) is 0 Å². The third-order valence-corrected chi connectivity index (χ3v) is 5.75. The summed E-state index contributed by atoms with van der Waals surface area (Å²) in [4.78, 5) is 61.5. The van der Waals surface area contributed by atoms with Crippen molar-refractivity contribution in [2.75, 3.05) is 5.75 Å². The van der Waals surface area contributed by atoms with Gasteiger partial charge < -0.3 is 32.5 Å². The van der Waals surface area contributed by atoms with E-state index >= 15 is 0 Å². The molecule has 37 heavy (non-hydrogen) atoms. The Labute approximate surface area is 219 Å². The Kier molecular flexibility index (Phi) is 11.6. The third kappa shape index (κ3) is 9.94. The number of amides is 4. The van der Waals surface area contributed by atoms with E-state index in [1.807, 2.05) is 0 Å². The van der Waals surface area contributed by atoms with Crippen LogP contribution in [-0.4, -0.2) is 64.6 Å². The van der Waals surface area contributed by atoms with Gasteiger partial charge in [-0.2, -0.15) is 12.6 Å². The maximum absolute atomic E-state index is 13.4. The first-order valence-electron chi connectivity index (χ1n) is 11.5. The van der Waals surface area contributed by atoms with Gasteiger partial charge in [0.2, 0.25) is 23.6 Å². The Bertz CT molecular complexity index is 1090. The van der Waals surface area contributed by atoms with Gasteiger partial charge in [0, 0.05) is 18.6 Å². The number of carbonyl (C=O) groups is 5. The Hall–Kier alpha value is -3.90. The fraction of sp³-hybridized carbons (Fsp3) is 0.320. The van der Waals surface area contributed by atoms with Crippen LogP contribution in [0.15, 0.2) is 60.7 Å². The number of rotatable bonds is 14. The van der Waals surface area contributed by atoms with Crippen molar-refractivity contribution in [1.29, 1.82) is 0 Å². The van der Waals surface area contributed by atoms with E-state index < -0.39 is 60.2 Å². The number of carboxylic acids is 1. The number of hydrogen-bond acceptors (Lipinski definition) is 7. The first-order valence-corrected chi connectivity index (χ1v) is 12.1. The standard InChI is InChI=1S/C25H31N5O6S/c26-17(13-21(27)31)22(32)28-18(11-15-7-3-1-4-8-15)23(33)29-19(12-16-9-5-2-6-10-16)24(34)30-20(14-37)25(35)36/h1-10,17-20,37H,11-14,26H2,(H2,27,31)(H,28,32)(H,29,33)(H,30,34)(H,35,36). The summed E-state index contributed by atoms with van der Waals surface area (Å²) < 4.78 is 0. The molecular formula is C25H31N5O6S. The van der Waals surface area contributed by atoms with Gasteiger partial charge in [0.15, 0.2) is 0 Å². The van der Waals surface area contributed by atoms with Gasteiger partial charge in [-0.25, -0.2) is 4.79 Å². The first-order chi connectivity index (χ1) is 17.6. The maximum Gasteiger partial charge on any atom is 0.327 e. The van der Waals surface area contributed by atoms with E-state index in [9.17, 15) is 29.1 Å². The van der Waals surface area contributed by atoms with Gasteiger partial charge in [0.05, 0.1) is 12.5 Å². The van der Waals surface area contributed by atoms with Gasteiger partial charge in [0.1, 0.15) is 18.1 Å². The molecule has 0 saturated carbocycles. The predicted octanol–water partition coefficient (Wildman–Crippen LogP) is -0.857. The zero-order chi connectivity index (χ0) is 27.4. The normalized spacial score (nSPS) is 13.9. The van der Waals surface area contributed by atoms with Crippen LogP contribution < -0.4 is 27.4 Å². The molecule has 2 rings (SSSR count). The Morgan fingerprint density at radius 3 is 1.51 bits per heavy atom. The molecule has 0 bridgehead atoms. The van der Waals surface area contributed by atoms with Crippen LogP contribution in [0.25, 0.3) is 0 Å². The lowest BCUT2D eigenvalue weighted by molar-refractivity contribution is -0.141. The van der Waals surface area contributed by atoms with E-state index in [0.29, 0.717) is 5.56 Å². The molecule has 4 atom stereocenters. The monoisotopic (exact) mass is 529 g/mol. The number of primary amides is 1. The number of benzene rings is 2. The van der Waals surface area contributed by atoms with E-state index in [2.05, 4.69) is 28.6 Å². The highest BCUT2D eigenvalue weighted by atomic mass is 32.1. The molecule has 4 unspecified atom stereocenters. The van der Waals surface area contributed by atoms with Gasteiger partial charge in [0.25, 0.3) is 0 Å². The van der Waals surface area contributed by atoms with E-state index in [1.54, 1.807) is 60.7 Å². The van der Waals surface area contributed by atoms with E-state index in [1.165, 1.54) is 0 Å². The summed E-state index contributed by atoms with van der Waals surface area (Å²) in [6.07, 6.45) is -0.287. The van der Waals surface area contributed by atoms with E-state index in [4.69, 9.17) is 11.5 Å². The minimum absolute atomic E-state index is 0.0600. The highest BCUT2D eigenvalue weighted by Gasteiger charge is 2.30. The minimum Gasteiger partial charge on any atom is -0.480 e. The molecule has 12 heteroatoms.